The summed E-state index contributed by atoms with van der Waals surface area (Å²) in [6.45, 7) is 0.975. The Hall–Kier alpha value is -1.02. The van der Waals surface area contributed by atoms with E-state index in [2.05, 4.69) is 4.98 Å². The summed E-state index contributed by atoms with van der Waals surface area (Å²) in [5.41, 5.74) is 6.21. The number of ether oxygens (including phenoxy) is 1. The van der Waals surface area contributed by atoms with E-state index < -0.39 is 10.0 Å². The number of hydrogen-bond acceptors (Lipinski definition) is 5. The van der Waals surface area contributed by atoms with Crippen LogP contribution in [0.3, 0.4) is 0 Å². The number of sulfonamides is 1. The molecule has 0 amide bonds. The fourth-order valence-electron chi connectivity index (χ4n) is 1.18. The standard InChI is InChI=1S/C10H17N3O3S/c1-13(5-6-16-2)17(14,15)10-4-3-9(7-11)8-12-10/h3-4,8H,5-7,11H2,1-2H3. The fourth-order valence-corrected chi connectivity index (χ4v) is 2.24. The van der Waals surface area contributed by atoms with Gasteiger partial charge in [0.2, 0.25) is 0 Å². The summed E-state index contributed by atoms with van der Waals surface area (Å²) in [5, 5.41) is 0.0216. The molecular weight excluding hydrogens is 242 g/mol. The van der Waals surface area contributed by atoms with Gasteiger partial charge in [0, 0.05) is 33.4 Å². The molecular formula is C10H17N3O3S. The topological polar surface area (TPSA) is 85.5 Å². The summed E-state index contributed by atoms with van der Waals surface area (Å²) < 4.78 is 30.1. The highest BCUT2D eigenvalue weighted by Crippen LogP contribution is 2.11. The van der Waals surface area contributed by atoms with Crippen LogP contribution in [-0.4, -0.2) is 45.0 Å². The molecule has 1 rings (SSSR count). The highest BCUT2D eigenvalue weighted by Gasteiger charge is 2.21. The van der Waals surface area contributed by atoms with Crippen LogP contribution in [0.5, 0.6) is 0 Å². The fraction of sp³-hybridized carbons (Fsp3) is 0.500. The Labute approximate surface area is 101 Å². The number of hydrogen-bond donors (Lipinski definition) is 1. The Bertz CT molecular complexity index is 444. The molecule has 1 heterocycles. The zero-order chi connectivity index (χ0) is 12.9. The molecule has 0 spiro atoms. The first-order chi connectivity index (χ1) is 8.02. The van der Waals surface area contributed by atoms with Crippen molar-refractivity contribution < 1.29 is 13.2 Å². The predicted octanol–water partition coefficient (Wildman–Crippen LogP) is -0.193. The highest BCUT2D eigenvalue weighted by atomic mass is 32.2. The van der Waals surface area contributed by atoms with Gasteiger partial charge in [-0.15, -0.1) is 0 Å². The average molecular weight is 259 g/mol. The van der Waals surface area contributed by atoms with Crippen molar-refractivity contribution in [2.75, 3.05) is 27.3 Å². The number of aromatic nitrogens is 1. The summed E-state index contributed by atoms with van der Waals surface area (Å²) >= 11 is 0. The van der Waals surface area contributed by atoms with Crippen LogP contribution in [0, 0.1) is 0 Å². The molecule has 7 heteroatoms. The minimum Gasteiger partial charge on any atom is -0.383 e. The Morgan fingerprint density at radius 2 is 2.18 bits per heavy atom. The maximum absolute atomic E-state index is 12.0. The van der Waals surface area contributed by atoms with Crippen molar-refractivity contribution >= 4 is 10.0 Å². The number of nitrogens with zero attached hydrogens (tertiary/aromatic N) is 2. The highest BCUT2D eigenvalue weighted by molar-refractivity contribution is 7.89. The van der Waals surface area contributed by atoms with Crippen molar-refractivity contribution in [2.45, 2.75) is 11.6 Å². The summed E-state index contributed by atoms with van der Waals surface area (Å²) in [6.07, 6.45) is 1.47. The molecule has 0 aliphatic carbocycles. The molecule has 0 unspecified atom stereocenters. The number of likely N-dealkylation sites (N-methyl/N-ethyl adjacent to an activating group) is 1. The molecule has 17 heavy (non-hydrogen) atoms. The Morgan fingerprint density at radius 3 is 2.65 bits per heavy atom. The molecule has 0 saturated carbocycles. The van der Waals surface area contributed by atoms with Crippen molar-refractivity contribution in [1.82, 2.24) is 9.29 Å². The van der Waals surface area contributed by atoms with Gasteiger partial charge in [-0.1, -0.05) is 6.07 Å². The quantitative estimate of drug-likeness (QED) is 0.765. The van der Waals surface area contributed by atoms with Crippen molar-refractivity contribution in [3.05, 3.63) is 23.9 Å². The zero-order valence-corrected chi connectivity index (χ0v) is 10.8. The van der Waals surface area contributed by atoms with Gasteiger partial charge in [-0.2, -0.15) is 4.31 Å². The molecule has 1 aromatic heterocycles. The molecule has 2 N–H and O–H groups in total. The van der Waals surface area contributed by atoms with Gasteiger partial charge < -0.3 is 10.5 Å². The summed E-state index contributed by atoms with van der Waals surface area (Å²) in [6, 6.07) is 3.12. The molecule has 0 bridgehead atoms. The van der Waals surface area contributed by atoms with E-state index in [9.17, 15) is 8.42 Å². The second kappa shape index (κ2) is 6.06. The van der Waals surface area contributed by atoms with E-state index in [0.717, 1.165) is 5.56 Å². The maximum Gasteiger partial charge on any atom is 0.260 e. The molecule has 6 nitrogen and oxygen atoms in total. The third kappa shape index (κ3) is 3.47. The van der Waals surface area contributed by atoms with Crippen molar-refractivity contribution in [2.24, 2.45) is 5.73 Å². The normalized spacial score (nSPS) is 12.0. The van der Waals surface area contributed by atoms with Gasteiger partial charge in [0.05, 0.1) is 6.61 Å². The van der Waals surface area contributed by atoms with Gasteiger partial charge >= 0.3 is 0 Å². The van der Waals surface area contributed by atoms with Crippen LogP contribution >= 0.6 is 0 Å². The summed E-state index contributed by atoms with van der Waals surface area (Å²) in [4.78, 5) is 3.90. The number of methoxy groups -OCH3 is 1. The van der Waals surface area contributed by atoms with Crippen LogP contribution in [0.15, 0.2) is 23.4 Å². The van der Waals surface area contributed by atoms with E-state index in [4.69, 9.17) is 10.5 Å². The zero-order valence-electron chi connectivity index (χ0n) is 9.96. The van der Waals surface area contributed by atoms with Gasteiger partial charge in [-0.05, 0) is 11.6 Å². The predicted molar refractivity (Wildman–Crippen MR) is 63.8 cm³/mol. The molecule has 0 radical (unpaired) electrons. The molecule has 0 aliphatic rings. The van der Waals surface area contributed by atoms with E-state index in [1.165, 1.54) is 30.7 Å². The first kappa shape index (κ1) is 14.0. The van der Waals surface area contributed by atoms with E-state index >= 15 is 0 Å². The maximum atomic E-state index is 12.0. The first-order valence-electron chi connectivity index (χ1n) is 5.12. The average Bonchev–Trinajstić information content (AvgIpc) is 2.35. The molecule has 0 atom stereocenters. The van der Waals surface area contributed by atoms with Gasteiger partial charge in [0.25, 0.3) is 10.0 Å². The third-order valence-electron chi connectivity index (χ3n) is 2.32. The number of nitrogens with two attached hydrogens (primary N) is 1. The van der Waals surface area contributed by atoms with Crippen LogP contribution in [0.25, 0.3) is 0 Å². The molecule has 0 aromatic carbocycles. The molecule has 0 aliphatic heterocycles. The number of rotatable bonds is 6. The van der Waals surface area contributed by atoms with Gasteiger partial charge in [0.1, 0.15) is 0 Å². The minimum atomic E-state index is -3.53. The Balaban J connectivity index is 2.88. The van der Waals surface area contributed by atoms with Crippen LogP contribution in [0.2, 0.25) is 0 Å². The molecule has 1 aromatic rings. The van der Waals surface area contributed by atoms with Crippen LogP contribution in [0.1, 0.15) is 5.56 Å². The van der Waals surface area contributed by atoms with E-state index in [1.54, 1.807) is 6.07 Å². The largest absolute Gasteiger partial charge is 0.383 e. The monoisotopic (exact) mass is 259 g/mol. The lowest BCUT2D eigenvalue weighted by atomic mass is 10.3. The second-order valence-corrected chi connectivity index (χ2v) is 5.52. The van der Waals surface area contributed by atoms with Crippen molar-refractivity contribution in [3.63, 3.8) is 0 Å². The van der Waals surface area contributed by atoms with Crippen LogP contribution < -0.4 is 5.73 Å². The second-order valence-electron chi connectivity index (χ2n) is 3.53. The number of pyridine rings is 1. The SMILES string of the molecule is COCCN(C)S(=O)(=O)c1ccc(CN)cn1. The van der Waals surface area contributed by atoms with E-state index in [-0.39, 0.29) is 5.03 Å². The molecule has 0 saturated heterocycles. The van der Waals surface area contributed by atoms with Crippen LogP contribution in [-0.2, 0) is 21.3 Å². The van der Waals surface area contributed by atoms with Gasteiger partial charge in [-0.25, -0.2) is 13.4 Å². The Morgan fingerprint density at radius 1 is 1.47 bits per heavy atom. The van der Waals surface area contributed by atoms with Crippen molar-refractivity contribution in [1.29, 1.82) is 0 Å². The van der Waals surface area contributed by atoms with Gasteiger partial charge in [0.15, 0.2) is 5.03 Å². The third-order valence-corrected chi connectivity index (χ3v) is 4.09. The van der Waals surface area contributed by atoms with Gasteiger partial charge in [-0.3, -0.25) is 0 Å². The first-order valence-corrected chi connectivity index (χ1v) is 6.56. The van der Waals surface area contributed by atoms with E-state index in [1.807, 2.05) is 0 Å². The van der Waals surface area contributed by atoms with Crippen LogP contribution in [0.4, 0.5) is 0 Å². The Kier molecular flexibility index (Phi) is 5.01. The molecule has 0 fully saturated rings. The summed E-state index contributed by atoms with van der Waals surface area (Å²) in [5.74, 6) is 0. The smallest absolute Gasteiger partial charge is 0.260 e. The lowest BCUT2D eigenvalue weighted by molar-refractivity contribution is 0.185. The lowest BCUT2D eigenvalue weighted by Crippen LogP contribution is -2.30. The minimum absolute atomic E-state index is 0.0216. The van der Waals surface area contributed by atoms with Crippen molar-refractivity contribution in [3.8, 4) is 0 Å². The molecule has 96 valence electrons. The van der Waals surface area contributed by atoms with E-state index in [0.29, 0.717) is 19.7 Å². The lowest BCUT2D eigenvalue weighted by Gasteiger charge is -2.15. The summed E-state index contributed by atoms with van der Waals surface area (Å²) in [7, 11) is -0.519.